The van der Waals surface area contributed by atoms with Crippen LogP contribution in [0.2, 0.25) is 0 Å². The lowest BCUT2D eigenvalue weighted by atomic mass is 9.96. The predicted octanol–water partition coefficient (Wildman–Crippen LogP) is 10.0. The lowest BCUT2D eigenvalue weighted by molar-refractivity contribution is 1.28. The molecular weight excluding hydrogens is 434 g/mol. The number of hydrogen-bond acceptors (Lipinski definition) is 1. The summed E-state index contributed by atoms with van der Waals surface area (Å²) in [6.45, 7) is 6.45. The Hall–Kier alpha value is -4.36. The Morgan fingerprint density at radius 3 is 1.75 bits per heavy atom. The van der Waals surface area contributed by atoms with Gasteiger partial charge in [0.25, 0.3) is 0 Å². The van der Waals surface area contributed by atoms with E-state index in [4.69, 9.17) is 0 Å². The van der Waals surface area contributed by atoms with E-state index in [1.807, 2.05) is 6.07 Å². The van der Waals surface area contributed by atoms with E-state index in [1.54, 1.807) is 0 Å². The summed E-state index contributed by atoms with van der Waals surface area (Å²) in [6, 6.07) is 41.2. The molecule has 0 saturated carbocycles. The van der Waals surface area contributed by atoms with Crippen LogP contribution in [-0.2, 0) is 0 Å². The number of nitrogens with zero attached hydrogens (tertiary/aromatic N) is 1. The normalized spacial score (nSPS) is 11.8. The lowest BCUT2D eigenvalue weighted by Gasteiger charge is -2.27. The van der Waals surface area contributed by atoms with Gasteiger partial charge >= 0.3 is 0 Å². The van der Waals surface area contributed by atoms with Gasteiger partial charge in [0.2, 0.25) is 0 Å². The van der Waals surface area contributed by atoms with Gasteiger partial charge in [-0.05, 0) is 73.2 Å². The maximum Gasteiger partial charge on any atom is 0.0540 e. The van der Waals surface area contributed by atoms with E-state index in [-0.39, 0.29) is 0 Å². The minimum atomic E-state index is 1.15. The fraction of sp³-hybridized carbons (Fsp3) is 0.0857. The maximum atomic E-state index is 2.36. The van der Waals surface area contributed by atoms with Crippen molar-refractivity contribution in [3.8, 4) is 0 Å². The smallest absolute Gasteiger partial charge is 0.0540 e. The first-order valence-corrected chi connectivity index (χ1v) is 12.5. The quantitative estimate of drug-likeness (QED) is 0.225. The molecule has 1 nitrogen and oxygen atoms in total. The summed E-state index contributed by atoms with van der Waals surface area (Å²) >= 11 is 0. The summed E-state index contributed by atoms with van der Waals surface area (Å²) in [4.78, 5) is 2.36. The predicted molar refractivity (Wildman–Crippen MR) is 157 cm³/mol. The number of allylic oxidation sites excluding steroid dienone is 3. The van der Waals surface area contributed by atoms with Gasteiger partial charge in [0, 0.05) is 16.8 Å². The van der Waals surface area contributed by atoms with Crippen LogP contribution >= 0.6 is 0 Å². The van der Waals surface area contributed by atoms with Gasteiger partial charge in [-0.15, -0.1) is 0 Å². The third-order valence-corrected chi connectivity index (χ3v) is 6.59. The van der Waals surface area contributed by atoms with Crippen molar-refractivity contribution in [2.75, 3.05) is 4.90 Å². The molecule has 0 aliphatic carbocycles. The SMILES string of the molecule is CC(=CC=Cc1ccccc1)c1ccc(N(c2ccc(C)cc2)c2ccc(C)cc2)c2ccccc12. The fourth-order valence-corrected chi connectivity index (χ4v) is 4.59. The van der Waals surface area contributed by atoms with Crippen LogP contribution in [0.4, 0.5) is 17.1 Å². The Balaban J connectivity index is 1.62. The average Bonchev–Trinajstić information content (AvgIpc) is 2.91. The number of fused-ring (bicyclic) bond motifs is 1. The summed E-state index contributed by atoms with van der Waals surface area (Å²) in [6.07, 6.45) is 6.49. The Labute approximate surface area is 214 Å². The minimum absolute atomic E-state index is 1.15. The van der Waals surface area contributed by atoms with Crippen molar-refractivity contribution in [2.24, 2.45) is 0 Å². The molecule has 0 fully saturated rings. The first kappa shape index (κ1) is 23.4. The van der Waals surface area contributed by atoms with Gasteiger partial charge in [-0.3, -0.25) is 0 Å². The van der Waals surface area contributed by atoms with Gasteiger partial charge in [0.15, 0.2) is 0 Å². The maximum absolute atomic E-state index is 2.36. The summed E-state index contributed by atoms with van der Waals surface area (Å²) in [5, 5.41) is 2.48. The van der Waals surface area contributed by atoms with Crippen molar-refractivity contribution in [1.29, 1.82) is 0 Å². The zero-order valence-corrected chi connectivity index (χ0v) is 21.1. The van der Waals surface area contributed by atoms with Gasteiger partial charge in [-0.2, -0.15) is 0 Å². The second-order valence-corrected chi connectivity index (χ2v) is 9.30. The highest BCUT2D eigenvalue weighted by molar-refractivity contribution is 6.04. The van der Waals surface area contributed by atoms with Crippen LogP contribution in [0, 0.1) is 13.8 Å². The zero-order valence-electron chi connectivity index (χ0n) is 21.1. The molecule has 0 aliphatic heterocycles. The molecular formula is C35H31N. The van der Waals surface area contributed by atoms with Gasteiger partial charge in [0.05, 0.1) is 5.69 Å². The van der Waals surface area contributed by atoms with E-state index >= 15 is 0 Å². The lowest BCUT2D eigenvalue weighted by Crippen LogP contribution is -2.10. The summed E-state index contributed by atoms with van der Waals surface area (Å²) < 4.78 is 0. The van der Waals surface area contributed by atoms with E-state index in [1.165, 1.54) is 44.3 Å². The number of benzene rings is 5. The molecule has 5 rings (SSSR count). The second-order valence-electron chi connectivity index (χ2n) is 9.30. The number of rotatable bonds is 6. The fourth-order valence-electron chi connectivity index (χ4n) is 4.59. The van der Waals surface area contributed by atoms with Gasteiger partial charge < -0.3 is 4.90 Å². The molecule has 0 bridgehead atoms. The molecule has 5 aromatic rings. The third kappa shape index (κ3) is 5.01. The topological polar surface area (TPSA) is 3.24 Å². The van der Waals surface area contributed by atoms with Gasteiger partial charge in [-0.25, -0.2) is 0 Å². The summed E-state index contributed by atoms with van der Waals surface area (Å²) in [7, 11) is 0. The summed E-state index contributed by atoms with van der Waals surface area (Å²) in [5.41, 5.74) is 9.69. The largest absolute Gasteiger partial charge is 0.310 e. The Bertz CT molecular complexity index is 1480. The number of anilines is 3. The van der Waals surface area contributed by atoms with Crippen LogP contribution in [0.5, 0.6) is 0 Å². The van der Waals surface area contributed by atoms with Crippen molar-refractivity contribution >= 4 is 39.5 Å². The molecule has 1 heteroatoms. The van der Waals surface area contributed by atoms with Crippen LogP contribution in [0.1, 0.15) is 29.2 Å². The zero-order chi connectivity index (χ0) is 24.9. The van der Waals surface area contributed by atoms with Gasteiger partial charge in [-0.1, -0.05) is 114 Å². The average molecular weight is 466 g/mol. The molecule has 0 N–H and O–H groups in total. The van der Waals surface area contributed by atoms with Crippen molar-refractivity contribution in [2.45, 2.75) is 20.8 Å². The molecule has 0 unspecified atom stereocenters. The van der Waals surface area contributed by atoms with E-state index in [0.29, 0.717) is 0 Å². The van der Waals surface area contributed by atoms with Crippen LogP contribution < -0.4 is 4.90 Å². The molecule has 176 valence electrons. The highest BCUT2D eigenvalue weighted by Gasteiger charge is 2.16. The van der Waals surface area contributed by atoms with Crippen LogP contribution in [0.3, 0.4) is 0 Å². The van der Waals surface area contributed by atoms with Gasteiger partial charge in [0.1, 0.15) is 0 Å². The highest BCUT2D eigenvalue weighted by atomic mass is 15.1. The molecule has 0 saturated heterocycles. The van der Waals surface area contributed by atoms with Crippen molar-refractivity contribution in [1.82, 2.24) is 0 Å². The molecule has 5 aromatic carbocycles. The van der Waals surface area contributed by atoms with Crippen molar-refractivity contribution < 1.29 is 0 Å². The number of hydrogen-bond donors (Lipinski definition) is 0. The number of aryl methyl sites for hydroxylation is 2. The molecule has 0 radical (unpaired) electrons. The summed E-state index contributed by atoms with van der Waals surface area (Å²) in [5.74, 6) is 0. The molecule has 0 amide bonds. The first-order chi connectivity index (χ1) is 17.6. The van der Waals surface area contributed by atoms with E-state index in [2.05, 4.69) is 153 Å². The Kier molecular flexibility index (Phi) is 6.82. The van der Waals surface area contributed by atoms with Crippen molar-refractivity contribution in [3.05, 3.63) is 150 Å². The Morgan fingerprint density at radius 2 is 1.14 bits per heavy atom. The van der Waals surface area contributed by atoms with Crippen LogP contribution in [-0.4, -0.2) is 0 Å². The van der Waals surface area contributed by atoms with E-state index in [9.17, 15) is 0 Å². The minimum Gasteiger partial charge on any atom is -0.310 e. The van der Waals surface area contributed by atoms with E-state index in [0.717, 1.165) is 11.4 Å². The third-order valence-electron chi connectivity index (χ3n) is 6.59. The molecule has 36 heavy (non-hydrogen) atoms. The van der Waals surface area contributed by atoms with Crippen molar-refractivity contribution in [3.63, 3.8) is 0 Å². The molecule has 0 atom stereocenters. The second kappa shape index (κ2) is 10.5. The standard InChI is InChI=1S/C35H31N/c1-26-16-20-30(21-17-26)36(31-22-18-27(2)19-23-31)35-25-24-32(33-14-7-8-15-34(33)35)28(3)10-9-13-29-11-5-4-6-12-29/h4-25H,1-3H3. The first-order valence-electron chi connectivity index (χ1n) is 12.5. The van der Waals surface area contributed by atoms with E-state index < -0.39 is 0 Å². The van der Waals surface area contributed by atoms with Crippen LogP contribution in [0.25, 0.3) is 22.4 Å². The monoisotopic (exact) mass is 465 g/mol. The molecule has 0 heterocycles. The molecule has 0 spiro atoms. The molecule has 0 aliphatic rings. The van der Waals surface area contributed by atoms with Crippen LogP contribution in [0.15, 0.2) is 127 Å². The molecule has 0 aromatic heterocycles. The highest BCUT2D eigenvalue weighted by Crippen LogP contribution is 2.40. The Morgan fingerprint density at radius 1 is 0.583 bits per heavy atom.